The van der Waals surface area contributed by atoms with E-state index in [2.05, 4.69) is 25.3 Å². The van der Waals surface area contributed by atoms with E-state index in [9.17, 15) is 4.79 Å². The first-order chi connectivity index (χ1) is 9.15. The monoisotopic (exact) mass is 284 g/mol. The number of thiazole rings is 1. The van der Waals surface area contributed by atoms with Gasteiger partial charge in [-0.05, 0) is 13.8 Å². The molecular formula is C12H20N4O2S. The molecule has 2 N–H and O–H groups in total. The van der Waals surface area contributed by atoms with Crippen LogP contribution in [0.2, 0.25) is 0 Å². The Labute approximate surface area is 117 Å². The lowest BCUT2D eigenvalue weighted by molar-refractivity contribution is -0.140. The van der Waals surface area contributed by atoms with Gasteiger partial charge in [0.15, 0.2) is 5.96 Å². The number of nitrogens with zero attached hydrogens (tertiary/aromatic N) is 2. The number of hydrogen-bond donors (Lipinski definition) is 2. The van der Waals surface area contributed by atoms with E-state index in [0.717, 1.165) is 11.6 Å². The van der Waals surface area contributed by atoms with Gasteiger partial charge in [-0.1, -0.05) is 0 Å². The van der Waals surface area contributed by atoms with Gasteiger partial charge in [-0.15, -0.1) is 11.3 Å². The van der Waals surface area contributed by atoms with Gasteiger partial charge in [0.1, 0.15) is 5.01 Å². The molecule has 1 aromatic heterocycles. The third kappa shape index (κ3) is 6.19. The molecule has 0 spiro atoms. The van der Waals surface area contributed by atoms with Gasteiger partial charge in [0.25, 0.3) is 0 Å². The van der Waals surface area contributed by atoms with Crippen LogP contribution < -0.4 is 10.6 Å². The Kier molecular flexibility index (Phi) is 6.88. The maximum atomic E-state index is 11.0. The fourth-order valence-electron chi connectivity index (χ4n) is 1.35. The zero-order valence-electron chi connectivity index (χ0n) is 11.5. The molecule has 1 rings (SSSR count). The predicted octanol–water partition coefficient (Wildman–Crippen LogP) is 1.07. The fourth-order valence-corrected chi connectivity index (χ4v) is 2.06. The van der Waals surface area contributed by atoms with Crippen molar-refractivity contribution in [3.63, 3.8) is 0 Å². The van der Waals surface area contributed by atoms with Crippen molar-refractivity contribution in [3.05, 3.63) is 16.1 Å². The number of aliphatic imine (C=N–C) groups is 1. The van der Waals surface area contributed by atoms with Crippen LogP contribution in [0.1, 0.15) is 23.2 Å². The molecule has 106 valence electrons. The fraction of sp³-hybridized carbons (Fsp3) is 0.583. The predicted molar refractivity (Wildman–Crippen MR) is 76.3 cm³/mol. The highest BCUT2D eigenvalue weighted by molar-refractivity contribution is 7.11. The van der Waals surface area contributed by atoms with Crippen LogP contribution in [-0.2, 0) is 16.1 Å². The molecule has 0 aliphatic carbocycles. The third-order valence-corrected chi connectivity index (χ3v) is 3.13. The van der Waals surface area contributed by atoms with Crippen molar-refractivity contribution >= 4 is 23.3 Å². The largest absolute Gasteiger partial charge is 0.469 e. The maximum absolute atomic E-state index is 11.0. The summed E-state index contributed by atoms with van der Waals surface area (Å²) in [5.74, 6) is 0.443. The molecule has 1 heterocycles. The molecule has 0 saturated carbocycles. The summed E-state index contributed by atoms with van der Waals surface area (Å²) in [6, 6.07) is 0. The van der Waals surface area contributed by atoms with Crippen molar-refractivity contribution < 1.29 is 9.53 Å². The van der Waals surface area contributed by atoms with Crippen molar-refractivity contribution in [1.82, 2.24) is 15.6 Å². The molecule has 1 aromatic rings. The third-order valence-electron chi connectivity index (χ3n) is 2.24. The van der Waals surface area contributed by atoms with E-state index in [1.54, 1.807) is 11.3 Å². The van der Waals surface area contributed by atoms with Gasteiger partial charge >= 0.3 is 5.97 Å². The second kappa shape index (κ2) is 8.47. The zero-order valence-corrected chi connectivity index (χ0v) is 12.3. The first-order valence-corrected chi connectivity index (χ1v) is 6.97. The van der Waals surface area contributed by atoms with Gasteiger partial charge in [-0.2, -0.15) is 0 Å². The quantitative estimate of drug-likeness (QED) is 0.464. The van der Waals surface area contributed by atoms with Crippen LogP contribution in [0.4, 0.5) is 0 Å². The summed E-state index contributed by atoms with van der Waals surface area (Å²) in [5, 5.41) is 7.17. The van der Waals surface area contributed by atoms with Crippen LogP contribution >= 0.6 is 11.3 Å². The first-order valence-electron chi connectivity index (χ1n) is 6.16. The second-order valence-corrected chi connectivity index (χ2v) is 5.13. The normalized spacial score (nSPS) is 11.2. The molecule has 6 nitrogen and oxygen atoms in total. The second-order valence-electron chi connectivity index (χ2n) is 3.81. The summed E-state index contributed by atoms with van der Waals surface area (Å²) < 4.78 is 4.58. The number of methoxy groups -OCH3 is 1. The van der Waals surface area contributed by atoms with Gasteiger partial charge in [-0.25, -0.2) is 9.98 Å². The molecule has 0 saturated heterocycles. The van der Waals surface area contributed by atoms with Crippen LogP contribution in [0.15, 0.2) is 11.2 Å². The topological polar surface area (TPSA) is 75.6 Å². The average molecular weight is 284 g/mol. The Morgan fingerprint density at radius 1 is 1.53 bits per heavy atom. The highest BCUT2D eigenvalue weighted by Gasteiger charge is 2.02. The number of aromatic nitrogens is 1. The van der Waals surface area contributed by atoms with Crippen molar-refractivity contribution in [1.29, 1.82) is 0 Å². The van der Waals surface area contributed by atoms with Crippen LogP contribution in [0.25, 0.3) is 0 Å². The standard InChI is InChI=1S/C12H20N4O2S/c1-4-13-12(14-6-5-11(17)18-3)16-8-10-15-7-9(2)19-10/h7H,4-6,8H2,1-3H3,(H2,13,14,16). The van der Waals surface area contributed by atoms with Gasteiger partial charge < -0.3 is 15.4 Å². The number of esters is 1. The number of aryl methyl sites for hydroxylation is 1. The van der Waals surface area contributed by atoms with Crippen molar-refractivity contribution in [2.45, 2.75) is 26.8 Å². The summed E-state index contributed by atoms with van der Waals surface area (Å²) in [6.45, 7) is 5.80. The molecule has 7 heteroatoms. The molecule has 0 amide bonds. The lowest BCUT2D eigenvalue weighted by atomic mass is 10.4. The Morgan fingerprint density at radius 3 is 2.89 bits per heavy atom. The Bertz CT molecular complexity index is 431. The van der Waals surface area contributed by atoms with E-state index < -0.39 is 0 Å². The SMILES string of the molecule is CCNC(=NCc1ncc(C)s1)NCCC(=O)OC. The number of guanidine groups is 1. The maximum Gasteiger partial charge on any atom is 0.307 e. The Morgan fingerprint density at radius 2 is 2.32 bits per heavy atom. The van der Waals surface area contributed by atoms with E-state index in [-0.39, 0.29) is 5.97 Å². The van der Waals surface area contributed by atoms with Gasteiger partial charge in [0.05, 0.1) is 20.1 Å². The van der Waals surface area contributed by atoms with Crippen LogP contribution in [0.5, 0.6) is 0 Å². The minimum atomic E-state index is -0.237. The average Bonchev–Trinajstić information content (AvgIpc) is 2.81. The van der Waals surface area contributed by atoms with E-state index in [0.29, 0.717) is 25.5 Å². The van der Waals surface area contributed by atoms with Crippen LogP contribution in [0.3, 0.4) is 0 Å². The lowest BCUT2D eigenvalue weighted by Crippen LogP contribution is -2.38. The zero-order chi connectivity index (χ0) is 14.1. The Hall–Kier alpha value is -1.63. The summed E-state index contributed by atoms with van der Waals surface area (Å²) in [6.07, 6.45) is 2.16. The molecule has 0 bridgehead atoms. The minimum Gasteiger partial charge on any atom is -0.469 e. The summed E-state index contributed by atoms with van der Waals surface area (Å²) in [7, 11) is 1.38. The summed E-state index contributed by atoms with van der Waals surface area (Å²) in [5.41, 5.74) is 0. The molecule has 0 radical (unpaired) electrons. The number of hydrogen-bond acceptors (Lipinski definition) is 5. The van der Waals surface area contributed by atoms with Gasteiger partial charge in [0.2, 0.25) is 0 Å². The Balaban J connectivity index is 2.44. The van der Waals surface area contributed by atoms with Crippen LogP contribution in [0, 0.1) is 6.92 Å². The smallest absolute Gasteiger partial charge is 0.307 e. The molecule has 0 fully saturated rings. The van der Waals surface area contributed by atoms with E-state index in [1.807, 2.05) is 20.0 Å². The van der Waals surface area contributed by atoms with Crippen LogP contribution in [-0.4, -0.2) is 37.1 Å². The number of carbonyl (C=O) groups excluding carboxylic acids is 1. The van der Waals surface area contributed by atoms with E-state index in [4.69, 9.17) is 0 Å². The molecule has 0 atom stereocenters. The molecule has 0 aliphatic heterocycles. The molecule has 19 heavy (non-hydrogen) atoms. The number of ether oxygens (including phenoxy) is 1. The van der Waals surface area contributed by atoms with Crippen molar-refractivity contribution in [2.75, 3.05) is 20.2 Å². The number of carbonyl (C=O) groups is 1. The molecule has 0 aromatic carbocycles. The molecule has 0 unspecified atom stereocenters. The molecule has 0 aliphatic rings. The van der Waals surface area contributed by atoms with E-state index >= 15 is 0 Å². The highest BCUT2D eigenvalue weighted by Crippen LogP contribution is 2.11. The van der Waals surface area contributed by atoms with Gasteiger partial charge in [0, 0.05) is 24.2 Å². The lowest BCUT2D eigenvalue weighted by Gasteiger charge is -2.10. The van der Waals surface area contributed by atoms with Crippen molar-refractivity contribution in [2.24, 2.45) is 4.99 Å². The highest BCUT2D eigenvalue weighted by atomic mass is 32.1. The van der Waals surface area contributed by atoms with Gasteiger partial charge in [-0.3, -0.25) is 4.79 Å². The number of rotatable bonds is 6. The summed E-state index contributed by atoms with van der Waals surface area (Å²) >= 11 is 1.63. The number of nitrogens with one attached hydrogen (secondary N) is 2. The van der Waals surface area contributed by atoms with Crippen molar-refractivity contribution in [3.8, 4) is 0 Å². The first kappa shape index (κ1) is 15.4. The molecular weight excluding hydrogens is 264 g/mol. The minimum absolute atomic E-state index is 0.237. The summed E-state index contributed by atoms with van der Waals surface area (Å²) in [4.78, 5) is 20.8. The van der Waals surface area contributed by atoms with E-state index in [1.165, 1.54) is 12.0 Å².